The molecule has 1 aromatic heterocycles. The van der Waals surface area contributed by atoms with Crippen LogP contribution in [0.2, 0.25) is 0 Å². The van der Waals surface area contributed by atoms with E-state index in [-0.39, 0.29) is 23.3 Å². The molecule has 1 aliphatic rings. The second-order valence-corrected chi connectivity index (χ2v) is 7.35. The van der Waals surface area contributed by atoms with Crippen LogP contribution in [-0.2, 0) is 11.2 Å². The van der Waals surface area contributed by atoms with Crippen LogP contribution >= 0.6 is 0 Å². The first-order chi connectivity index (χ1) is 9.59. The number of hydrogen-bond acceptors (Lipinski definition) is 4. The lowest BCUT2D eigenvalue weighted by Crippen LogP contribution is -2.37. The maximum atomic E-state index is 6.27. The second kappa shape index (κ2) is 5.58. The standard InChI is InChI=1S/C17H28N2O2/c1-11(18)9-13-14(8-7-12(2)19-13)20-15-10-16(3,4)21-17(15,5)6/h7-8,11,15H,9-10,18H2,1-6H3. The molecule has 4 nitrogen and oxygen atoms in total. The minimum atomic E-state index is -0.306. The fraction of sp³-hybridized carbons (Fsp3) is 0.706. The molecule has 2 rings (SSSR count). The van der Waals surface area contributed by atoms with Crippen molar-refractivity contribution < 1.29 is 9.47 Å². The van der Waals surface area contributed by atoms with Gasteiger partial charge in [0, 0.05) is 24.6 Å². The fourth-order valence-corrected chi connectivity index (χ4v) is 3.00. The lowest BCUT2D eigenvalue weighted by molar-refractivity contribution is -0.0847. The number of nitrogens with zero attached hydrogens (tertiary/aromatic N) is 1. The number of ether oxygens (including phenoxy) is 2. The summed E-state index contributed by atoms with van der Waals surface area (Å²) in [6, 6.07) is 4.04. The summed E-state index contributed by atoms with van der Waals surface area (Å²) in [5.41, 5.74) is 7.39. The summed E-state index contributed by atoms with van der Waals surface area (Å²) in [6.45, 7) is 12.3. The normalized spacial score (nSPS) is 24.8. The second-order valence-electron chi connectivity index (χ2n) is 7.35. The van der Waals surface area contributed by atoms with Crippen molar-refractivity contribution in [2.75, 3.05) is 0 Å². The number of nitrogens with two attached hydrogens (primary N) is 1. The third-order valence-corrected chi connectivity index (χ3v) is 3.85. The molecular formula is C17H28N2O2. The first-order valence-corrected chi connectivity index (χ1v) is 7.68. The van der Waals surface area contributed by atoms with Crippen LogP contribution in [0.1, 0.15) is 52.4 Å². The molecule has 2 heterocycles. The highest BCUT2D eigenvalue weighted by molar-refractivity contribution is 5.30. The van der Waals surface area contributed by atoms with E-state index >= 15 is 0 Å². The van der Waals surface area contributed by atoms with E-state index < -0.39 is 0 Å². The Balaban J connectivity index is 2.23. The topological polar surface area (TPSA) is 57.4 Å². The van der Waals surface area contributed by atoms with E-state index in [0.717, 1.165) is 23.6 Å². The summed E-state index contributed by atoms with van der Waals surface area (Å²) in [6.07, 6.45) is 1.60. The Labute approximate surface area is 128 Å². The van der Waals surface area contributed by atoms with Crippen molar-refractivity contribution >= 4 is 0 Å². The fourth-order valence-electron chi connectivity index (χ4n) is 3.00. The third-order valence-electron chi connectivity index (χ3n) is 3.85. The molecule has 0 bridgehead atoms. The van der Waals surface area contributed by atoms with Gasteiger partial charge in [-0.05, 0) is 53.7 Å². The molecular weight excluding hydrogens is 264 g/mol. The van der Waals surface area contributed by atoms with Crippen LogP contribution in [0.5, 0.6) is 5.75 Å². The summed E-state index contributed by atoms with van der Waals surface area (Å²) in [4.78, 5) is 4.59. The van der Waals surface area contributed by atoms with E-state index in [1.54, 1.807) is 0 Å². The maximum absolute atomic E-state index is 6.27. The van der Waals surface area contributed by atoms with Crippen molar-refractivity contribution in [2.24, 2.45) is 5.73 Å². The molecule has 21 heavy (non-hydrogen) atoms. The molecule has 0 spiro atoms. The van der Waals surface area contributed by atoms with Crippen LogP contribution in [0.15, 0.2) is 12.1 Å². The van der Waals surface area contributed by atoms with Crippen molar-refractivity contribution in [3.05, 3.63) is 23.5 Å². The molecule has 1 aromatic rings. The van der Waals surface area contributed by atoms with Crippen molar-refractivity contribution in [1.29, 1.82) is 0 Å². The minimum Gasteiger partial charge on any atom is -0.485 e. The summed E-state index contributed by atoms with van der Waals surface area (Å²) in [5.74, 6) is 0.831. The average Bonchev–Trinajstić information content (AvgIpc) is 2.49. The van der Waals surface area contributed by atoms with Gasteiger partial charge in [-0.2, -0.15) is 0 Å². The molecule has 0 aromatic carbocycles. The van der Waals surface area contributed by atoms with Gasteiger partial charge in [0.15, 0.2) is 0 Å². The Morgan fingerprint density at radius 2 is 2.05 bits per heavy atom. The summed E-state index contributed by atoms with van der Waals surface area (Å²) in [5, 5.41) is 0. The maximum Gasteiger partial charge on any atom is 0.141 e. The van der Waals surface area contributed by atoms with Gasteiger partial charge in [0.25, 0.3) is 0 Å². The van der Waals surface area contributed by atoms with Crippen molar-refractivity contribution in [3.8, 4) is 5.75 Å². The van der Waals surface area contributed by atoms with Crippen LogP contribution in [0, 0.1) is 6.92 Å². The van der Waals surface area contributed by atoms with Crippen LogP contribution in [0.3, 0.4) is 0 Å². The lowest BCUT2D eigenvalue weighted by Gasteiger charge is -2.28. The van der Waals surface area contributed by atoms with Crippen LogP contribution in [-0.4, -0.2) is 28.3 Å². The molecule has 2 N–H and O–H groups in total. The van der Waals surface area contributed by atoms with Crippen molar-refractivity contribution in [1.82, 2.24) is 4.98 Å². The van der Waals surface area contributed by atoms with Gasteiger partial charge in [0.2, 0.25) is 0 Å². The molecule has 1 fully saturated rings. The average molecular weight is 292 g/mol. The predicted molar refractivity (Wildman–Crippen MR) is 84.6 cm³/mol. The molecule has 1 aliphatic heterocycles. The van der Waals surface area contributed by atoms with Gasteiger partial charge in [0.1, 0.15) is 17.5 Å². The Kier molecular flexibility index (Phi) is 4.31. The largest absolute Gasteiger partial charge is 0.485 e. The Bertz CT molecular complexity index is 510. The van der Waals surface area contributed by atoms with E-state index in [1.807, 2.05) is 26.0 Å². The van der Waals surface area contributed by atoms with E-state index in [0.29, 0.717) is 6.42 Å². The molecule has 2 unspecified atom stereocenters. The third kappa shape index (κ3) is 3.95. The van der Waals surface area contributed by atoms with Crippen molar-refractivity contribution in [2.45, 2.75) is 77.7 Å². The Morgan fingerprint density at radius 1 is 1.38 bits per heavy atom. The van der Waals surface area contributed by atoms with Gasteiger partial charge in [-0.15, -0.1) is 0 Å². The molecule has 1 saturated heterocycles. The summed E-state index contributed by atoms with van der Waals surface area (Å²) in [7, 11) is 0. The highest BCUT2D eigenvalue weighted by atomic mass is 16.6. The van der Waals surface area contributed by atoms with Gasteiger partial charge in [0.05, 0.1) is 11.3 Å². The molecule has 4 heteroatoms. The Morgan fingerprint density at radius 3 is 2.57 bits per heavy atom. The van der Waals surface area contributed by atoms with Gasteiger partial charge >= 0.3 is 0 Å². The van der Waals surface area contributed by atoms with Gasteiger partial charge in [-0.1, -0.05) is 0 Å². The molecule has 118 valence electrons. The zero-order valence-electron chi connectivity index (χ0n) is 14.1. The highest BCUT2D eigenvalue weighted by Crippen LogP contribution is 2.40. The van der Waals surface area contributed by atoms with E-state index in [9.17, 15) is 0 Å². The van der Waals surface area contributed by atoms with Gasteiger partial charge in [-0.3, -0.25) is 4.98 Å². The zero-order valence-corrected chi connectivity index (χ0v) is 14.1. The van der Waals surface area contributed by atoms with Gasteiger partial charge in [-0.25, -0.2) is 0 Å². The first kappa shape index (κ1) is 16.2. The van der Waals surface area contributed by atoms with Crippen LogP contribution in [0.25, 0.3) is 0 Å². The zero-order chi connectivity index (χ0) is 15.8. The highest BCUT2D eigenvalue weighted by Gasteiger charge is 2.47. The summed E-state index contributed by atoms with van der Waals surface area (Å²) >= 11 is 0. The Hall–Kier alpha value is -1.13. The molecule has 0 aliphatic carbocycles. The SMILES string of the molecule is Cc1ccc(OC2CC(C)(C)OC2(C)C)c(CC(C)N)n1. The summed E-state index contributed by atoms with van der Waals surface area (Å²) < 4.78 is 12.4. The molecule has 0 radical (unpaired) electrons. The predicted octanol–water partition coefficient (Wildman–Crippen LogP) is 3.00. The number of aromatic nitrogens is 1. The number of hydrogen-bond donors (Lipinski definition) is 1. The van der Waals surface area contributed by atoms with Crippen LogP contribution < -0.4 is 10.5 Å². The lowest BCUT2D eigenvalue weighted by atomic mass is 9.97. The first-order valence-electron chi connectivity index (χ1n) is 7.68. The van der Waals surface area contributed by atoms with E-state index in [1.165, 1.54) is 0 Å². The number of rotatable bonds is 4. The molecule has 2 atom stereocenters. The monoisotopic (exact) mass is 292 g/mol. The number of pyridine rings is 1. The molecule has 0 saturated carbocycles. The molecule has 0 amide bonds. The van der Waals surface area contributed by atoms with Crippen molar-refractivity contribution in [3.63, 3.8) is 0 Å². The minimum absolute atomic E-state index is 0.0174. The van der Waals surface area contributed by atoms with E-state index in [4.69, 9.17) is 15.2 Å². The smallest absolute Gasteiger partial charge is 0.141 e. The van der Waals surface area contributed by atoms with E-state index in [2.05, 4.69) is 32.7 Å². The van der Waals surface area contributed by atoms with Crippen LogP contribution in [0.4, 0.5) is 0 Å². The van der Waals surface area contributed by atoms with Gasteiger partial charge < -0.3 is 15.2 Å². The quantitative estimate of drug-likeness (QED) is 0.927. The number of aryl methyl sites for hydroxylation is 1.